The number of amides is 1. The highest BCUT2D eigenvalue weighted by atomic mass is 32.1. The van der Waals surface area contributed by atoms with E-state index in [-0.39, 0.29) is 5.91 Å². The van der Waals surface area contributed by atoms with Crippen molar-refractivity contribution in [1.82, 2.24) is 4.98 Å². The largest absolute Gasteiger partial charge is 0.381 e. The Morgan fingerprint density at radius 1 is 1.19 bits per heavy atom. The minimum Gasteiger partial charge on any atom is -0.381 e. The van der Waals surface area contributed by atoms with E-state index in [1.54, 1.807) is 11.3 Å². The molecule has 1 aliphatic carbocycles. The highest BCUT2D eigenvalue weighted by molar-refractivity contribution is 7.15. The molecule has 2 aliphatic rings. The van der Waals surface area contributed by atoms with E-state index in [4.69, 9.17) is 10.5 Å². The Kier molecular flexibility index (Phi) is 4.57. The molecule has 0 bridgehead atoms. The molecule has 2 heterocycles. The number of aryl methyl sites for hydroxylation is 2. The third-order valence-electron chi connectivity index (χ3n) is 4.40. The molecule has 0 saturated carbocycles. The Labute approximate surface area is 129 Å². The average molecular weight is 309 g/mol. The number of fused-ring (bicyclic) bond motifs is 1. The van der Waals surface area contributed by atoms with Gasteiger partial charge < -0.3 is 15.8 Å². The molecule has 0 aromatic carbocycles. The smallest absolute Gasteiger partial charge is 0.246 e. The van der Waals surface area contributed by atoms with Crippen LogP contribution in [0.4, 0.5) is 5.13 Å². The fraction of sp³-hybridized carbons (Fsp3) is 0.733. The first-order chi connectivity index (χ1) is 10.2. The van der Waals surface area contributed by atoms with Gasteiger partial charge in [0.25, 0.3) is 0 Å². The molecule has 0 atom stereocenters. The van der Waals surface area contributed by atoms with Crippen LogP contribution in [0.2, 0.25) is 0 Å². The van der Waals surface area contributed by atoms with Crippen molar-refractivity contribution in [1.29, 1.82) is 0 Å². The number of hydrogen-bond donors (Lipinski definition) is 2. The van der Waals surface area contributed by atoms with E-state index >= 15 is 0 Å². The second-order valence-corrected chi connectivity index (χ2v) is 7.11. The monoisotopic (exact) mass is 309 g/mol. The SMILES string of the molecule is NC1(C(=O)Nc2nc3c(s2)CCCCCC3)CCOCC1. The van der Waals surface area contributed by atoms with Gasteiger partial charge in [-0.1, -0.05) is 12.8 Å². The molecule has 1 saturated heterocycles. The molecule has 1 aromatic rings. The van der Waals surface area contributed by atoms with Crippen molar-refractivity contribution in [2.75, 3.05) is 18.5 Å². The zero-order valence-electron chi connectivity index (χ0n) is 12.3. The van der Waals surface area contributed by atoms with E-state index in [1.165, 1.54) is 36.3 Å². The fourth-order valence-electron chi connectivity index (χ4n) is 2.94. The van der Waals surface area contributed by atoms with Crippen molar-refractivity contribution < 1.29 is 9.53 Å². The molecule has 21 heavy (non-hydrogen) atoms. The normalized spacial score (nSPS) is 22.0. The van der Waals surface area contributed by atoms with Gasteiger partial charge in [0.1, 0.15) is 5.54 Å². The van der Waals surface area contributed by atoms with Crippen LogP contribution in [0.15, 0.2) is 0 Å². The second kappa shape index (κ2) is 6.42. The molecular formula is C15H23N3O2S. The van der Waals surface area contributed by atoms with Crippen molar-refractivity contribution >= 4 is 22.4 Å². The van der Waals surface area contributed by atoms with Gasteiger partial charge in [0.05, 0.1) is 5.69 Å². The predicted molar refractivity (Wildman–Crippen MR) is 83.6 cm³/mol. The number of hydrogen-bond acceptors (Lipinski definition) is 5. The molecule has 3 rings (SSSR count). The van der Waals surface area contributed by atoms with Gasteiger partial charge in [0.15, 0.2) is 5.13 Å². The van der Waals surface area contributed by atoms with E-state index in [9.17, 15) is 4.79 Å². The van der Waals surface area contributed by atoms with Gasteiger partial charge in [-0.25, -0.2) is 4.98 Å². The Bertz CT molecular complexity index is 484. The minimum atomic E-state index is -0.807. The average Bonchev–Trinajstić information content (AvgIpc) is 2.81. The summed E-state index contributed by atoms with van der Waals surface area (Å²) in [6.07, 6.45) is 8.26. The minimum absolute atomic E-state index is 0.118. The molecule has 5 nitrogen and oxygen atoms in total. The zero-order chi connectivity index (χ0) is 14.7. The van der Waals surface area contributed by atoms with Gasteiger partial charge in [-0.15, -0.1) is 11.3 Å². The van der Waals surface area contributed by atoms with Crippen molar-refractivity contribution in [3.05, 3.63) is 10.6 Å². The predicted octanol–water partition coefficient (Wildman–Crippen LogP) is 2.25. The molecule has 3 N–H and O–H groups in total. The number of rotatable bonds is 2. The summed E-state index contributed by atoms with van der Waals surface area (Å²) < 4.78 is 5.29. The topological polar surface area (TPSA) is 77.2 Å². The lowest BCUT2D eigenvalue weighted by Crippen LogP contribution is -2.54. The maximum absolute atomic E-state index is 12.4. The Morgan fingerprint density at radius 2 is 1.90 bits per heavy atom. The van der Waals surface area contributed by atoms with Crippen molar-refractivity contribution in [2.24, 2.45) is 5.73 Å². The van der Waals surface area contributed by atoms with E-state index in [0.717, 1.165) is 12.8 Å². The van der Waals surface area contributed by atoms with Crippen LogP contribution in [-0.2, 0) is 22.4 Å². The van der Waals surface area contributed by atoms with E-state index in [1.807, 2.05) is 0 Å². The van der Waals surface area contributed by atoms with E-state index in [0.29, 0.717) is 31.2 Å². The molecule has 0 radical (unpaired) electrons. The van der Waals surface area contributed by atoms with Gasteiger partial charge in [0, 0.05) is 18.1 Å². The maximum atomic E-state index is 12.4. The van der Waals surface area contributed by atoms with E-state index < -0.39 is 5.54 Å². The molecular weight excluding hydrogens is 286 g/mol. The number of carbonyl (C=O) groups excluding carboxylic acids is 1. The summed E-state index contributed by atoms with van der Waals surface area (Å²) >= 11 is 1.62. The molecule has 1 fully saturated rings. The first-order valence-corrected chi connectivity index (χ1v) is 8.66. The third-order valence-corrected chi connectivity index (χ3v) is 5.48. The molecule has 1 aliphatic heterocycles. The summed E-state index contributed by atoms with van der Waals surface area (Å²) in [5.41, 5.74) is 6.57. The Hall–Kier alpha value is -0.980. The number of anilines is 1. The van der Waals surface area contributed by atoms with Gasteiger partial charge in [0.2, 0.25) is 5.91 Å². The summed E-state index contributed by atoms with van der Waals surface area (Å²) in [6.45, 7) is 1.11. The fourth-order valence-corrected chi connectivity index (χ4v) is 3.99. The lowest BCUT2D eigenvalue weighted by molar-refractivity contribution is -0.124. The standard InChI is InChI=1S/C15H23N3O2S/c16-15(7-9-20-10-8-15)13(19)18-14-17-11-5-3-1-2-4-6-12(11)21-14/h1-10,16H2,(H,17,18,19). The van der Waals surface area contributed by atoms with Crippen molar-refractivity contribution in [2.45, 2.75) is 56.9 Å². The lowest BCUT2D eigenvalue weighted by atomic mass is 9.90. The van der Waals surface area contributed by atoms with Crippen LogP contribution in [0, 0.1) is 0 Å². The molecule has 0 unspecified atom stereocenters. The Balaban J connectivity index is 1.69. The van der Waals surface area contributed by atoms with Crippen LogP contribution in [0.3, 0.4) is 0 Å². The summed E-state index contributed by atoms with van der Waals surface area (Å²) in [7, 11) is 0. The van der Waals surface area contributed by atoms with Crippen LogP contribution in [0.25, 0.3) is 0 Å². The van der Waals surface area contributed by atoms with Crippen molar-refractivity contribution in [3.8, 4) is 0 Å². The van der Waals surface area contributed by atoms with E-state index in [2.05, 4.69) is 10.3 Å². The number of thiazole rings is 1. The van der Waals surface area contributed by atoms with Gasteiger partial charge in [-0.2, -0.15) is 0 Å². The molecule has 6 heteroatoms. The van der Waals surface area contributed by atoms with Crippen LogP contribution in [0.1, 0.15) is 49.1 Å². The maximum Gasteiger partial charge on any atom is 0.246 e. The summed E-state index contributed by atoms with van der Waals surface area (Å²) in [4.78, 5) is 18.4. The number of nitrogens with one attached hydrogen (secondary N) is 1. The zero-order valence-corrected chi connectivity index (χ0v) is 13.1. The number of aromatic nitrogens is 1. The third kappa shape index (κ3) is 3.44. The van der Waals surface area contributed by atoms with Gasteiger partial charge >= 0.3 is 0 Å². The summed E-state index contributed by atoms with van der Waals surface area (Å²) in [5, 5.41) is 3.65. The number of nitrogens with zero attached hydrogens (tertiary/aromatic N) is 1. The van der Waals surface area contributed by atoms with Crippen LogP contribution in [0.5, 0.6) is 0 Å². The number of carbonyl (C=O) groups is 1. The molecule has 0 spiro atoms. The van der Waals surface area contributed by atoms with Crippen molar-refractivity contribution in [3.63, 3.8) is 0 Å². The number of nitrogens with two attached hydrogens (primary N) is 1. The van der Waals surface area contributed by atoms with Gasteiger partial charge in [-0.3, -0.25) is 4.79 Å². The van der Waals surface area contributed by atoms with Crippen LogP contribution < -0.4 is 11.1 Å². The highest BCUT2D eigenvalue weighted by Gasteiger charge is 2.36. The highest BCUT2D eigenvalue weighted by Crippen LogP contribution is 2.29. The first-order valence-electron chi connectivity index (χ1n) is 7.84. The molecule has 116 valence electrons. The Morgan fingerprint density at radius 3 is 2.67 bits per heavy atom. The lowest BCUT2D eigenvalue weighted by Gasteiger charge is -2.31. The van der Waals surface area contributed by atoms with Crippen LogP contribution >= 0.6 is 11.3 Å². The quantitative estimate of drug-likeness (QED) is 0.878. The second-order valence-electron chi connectivity index (χ2n) is 6.03. The van der Waals surface area contributed by atoms with Crippen LogP contribution in [-0.4, -0.2) is 29.6 Å². The van der Waals surface area contributed by atoms with Gasteiger partial charge in [-0.05, 0) is 38.5 Å². The first kappa shape index (κ1) is 14.9. The molecule has 1 amide bonds. The summed E-state index contributed by atoms with van der Waals surface area (Å²) in [6, 6.07) is 0. The molecule has 1 aromatic heterocycles. The summed E-state index contributed by atoms with van der Waals surface area (Å²) in [5.74, 6) is -0.118. The number of ether oxygens (including phenoxy) is 1.